The third-order valence-electron chi connectivity index (χ3n) is 7.45. The van der Waals surface area contributed by atoms with Gasteiger partial charge in [0.05, 0.1) is 16.8 Å². The van der Waals surface area contributed by atoms with Gasteiger partial charge in [-0.2, -0.15) is 30.7 Å². The molecule has 0 saturated heterocycles. The predicted octanol–water partition coefficient (Wildman–Crippen LogP) is 9.62. The van der Waals surface area contributed by atoms with E-state index < -0.39 is 67.4 Å². The Morgan fingerprint density at radius 2 is 1.52 bits per heavy atom. The van der Waals surface area contributed by atoms with Gasteiger partial charge in [-0.1, -0.05) is 39.3 Å². The maximum Gasteiger partial charge on any atom is 0.496 e. The lowest BCUT2D eigenvalue weighted by atomic mass is 9.84. The SMILES string of the molecule is C=CC(=O)OCC(F)(F)OC(F)(F)OC(F)(F)OC(F)(F)COc1ccc2cc3n(c2c1)CC(C)c1cc(CCCCC)cc(C(F)(F)F)c1-3. The third kappa shape index (κ3) is 9.66. The molecule has 0 amide bonds. The van der Waals surface area contributed by atoms with Crippen LogP contribution in [-0.4, -0.2) is 48.6 Å². The van der Waals surface area contributed by atoms with Gasteiger partial charge in [-0.25, -0.2) is 19.0 Å². The van der Waals surface area contributed by atoms with Crippen molar-refractivity contribution in [3.05, 3.63) is 65.7 Å². The van der Waals surface area contributed by atoms with Crippen molar-refractivity contribution in [2.75, 3.05) is 13.2 Å². The molecule has 50 heavy (non-hydrogen) atoms. The Kier molecular flexibility index (Phi) is 11.2. The molecular weight excluding hydrogens is 703 g/mol. The number of aryl methyl sites for hydroxylation is 1. The first kappa shape index (κ1) is 38.9. The summed E-state index contributed by atoms with van der Waals surface area (Å²) in [7, 11) is 0. The standard InChI is InChI=1S/C32H30F11NO6/c1-4-6-7-8-19-11-22-18(3)15-44-24-14-21(10-9-20(24)13-25(44)27(22)23(12-19)30(37,38)39)46-16-28(33,34)48-31(40,41)50-32(42,43)49-29(35,36)17-47-26(45)5-2/h5,9-14,18H,2,4,6-8,15-17H2,1,3H3. The van der Waals surface area contributed by atoms with Gasteiger partial charge in [0.2, 0.25) is 0 Å². The van der Waals surface area contributed by atoms with E-state index in [0.717, 1.165) is 37.5 Å². The molecule has 0 spiro atoms. The number of hydrogen-bond donors (Lipinski definition) is 0. The highest BCUT2D eigenvalue weighted by atomic mass is 19.4. The lowest BCUT2D eigenvalue weighted by molar-refractivity contribution is -0.574. The van der Waals surface area contributed by atoms with E-state index in [0.29, 0.717) is 29.0 Å². The second-order valence-electron chi connectivity index (χ2n) is 11.4. The van der Waals surface area contributed by atoms with Crippen LogP contribution in [0.15, 0.2) is 49.1 Å². The Morgan fingerprint density at radius 3 is 2.12 bits per heavy atom. The summed E-state index contributed by atoms with van der Waals surface area (Å²) in [5.41, 5.74) is 0.641. The fraction of sp³-hybridized carbons (Fsp3) is 0.469. The third-order valence-corrected chi connectivity index (χ3v) is 7.45. The zero-order valence-corrected chi connectivity index (χ0v) is 26.3. The average molecular weight is 734 g/mol. The van der Waals surface area contributed by atoms with Gasteiger partial charge in [0, 0.05) is 29.6 Å². The van der Waals surface area contributed by atoms with Crippen LogP contribution in [0.4, 0.5) is 48.3 Å². The topological polar surface area (TPSA) is 68.2 Å². The Balaban J connectivity index is 1.51. The molecule has 276 valence electrons. The number of fused-ring (bicyclic) bond motifs is 5. The second-order valence-corrected chi connectivity index (χ2v) is 11.4. The number of alkyl halides is 11. The molecule has 7 nitrogen and oxygen atoms in total. The molecule has 1 aliphatic heterocycles. The largest absolute Gasteiger partial charge is 0.496 e. The number of carbonyl (C=O) groups is 1. The molecule has 2 aromatic carbocycles. The molecule has 1 unspecified atom stereocenters. The molecule has 1 aliphatic rings. The number of esters is 1. The fourth-order valence-corrected chi connectivity index (χ4v) is 5.42. The quantitative estimate of drug-likeness (QED) is 0.0481. The number of unbranched alkanes of at least 4 members (excludes halogenated alkanes) is 2. The van der Waals surface area contributed by atoms with Crippen molar-refractivity contribution in [1.82, 2.24) is 4.57 Å². The molecule has 4 rings (SSSR count). The van der Waals surface area contributed by atoms with Crippen molar-refractivity contribution in [2.45, 2.75) is 83.0 Å². The number of nitrogens with zero attached hydrogens (tertiary/aromatic N) is 1. The van der Waals surface area contributed by atoms with Gasteiger partial charge in [0.15, 0.2) is 13.2 Å². The summed E-state index contributed by atoms with van der Waals surface area (Å²) in [5.74, 6) is -2.31. The van der Waals surface area contributed by atoms with Crippen LogP contribution in [0.3, 0.4) is 0 Å². The van der Waals surface area contributed by atoms with Crippen LogP contribution < -0.4 is 4.74 Å². The highest BCUT2D eigenvalue weighted by Crippen LogP contribution is 2.47. The maximum absolute atomic E-state index is 14.4. The zero-order valence-electron chi connectivity index (χ0n) is 26.3. The molecule has 0 bridgehead atoms. The molecule has 2 heterocycles. The molecule has 18 heteroatoms. The molecule has 0 aliphatic carbocycles. The number of halogens is 11. The van der Waals surface area contributed by atoms with Gasteiger partial charge in [0.25, 0.3) is 0 Å². The number of aromatic nitrogens is 1. The van der Waals surface area contributed by atoms with Gasteiger partial charge < -0.3 is 14.0 Å². The summed E-state index contributed by atoms with van der Waals surface area (Å²) >= 11 is 0. The Bertz CT molecular complexity index is 1700. The van der Waals surface area contributed by atoms with E-state index >= 15 is 0 Å². The smallest absolute Gasteiger partial charge is 0.484 e. The van der Waals surface area contributed by atoms with Crippen LogP contribution >= 0.6 is 0 Å². The van der Waals surface area contributed by atoms with Crippen LogP contribution in [0.25, 0.3) is 22.2 Å². The first-order valence-corrected chi connectivity index (χ1v) is 15.0. The van der Waals surface area contributed by atoms with Crippen LogP contribution in [0.5, 0.6) is 5.75 Å². The van der Waals surface area contributed by atoms with E-state index in [1.54, 1.807) is 13.0 Å². The Labute approximate surface area is 277 Å². The van der Waals surface area contributed by atoms with Crippen LogP contribution in [0.1, 0.15) is 55.7 Å². The van der Waals surface area contributed by atoms with Gasteiger partial charge in [0.1, 0.15) is 5.75 Å². The lowest BCUT2D eigenvalue weighted by Crippen LogP contribution is -2.46. The summed E-state index contributed by atoms with van der Waals surface area (Å²) in [4.78, 5) is 10.8. The molecule has 1 atom stereocenters. The van der Waals surface area contributed by atoms with E-state index in [9.17, 15) is 53.1 Å². The summed E-state index contributed by atoms with van der Waals surface area (Å²) in [5, 5.41) is 0.397. The molecule has 1 aromatic heterocycles. The van der Waals surface area contributed by atoms with Gasteiger partial charge in [-0.3, -0.25) is 0 Å². The highest BCUT2D eigenvalue weighted by Gasteiger charge is 2.57. The first-order chi connectivity index (χ1) is 23.1. The maximum atomic E-state index is 14.4. The summed E-state index contributed by atoms with van der Waals surface area (Å²) in [6.07, 6.45) is -23.5. The summed E-state index contributed by atoms with van der Waals surface area (Å²) in [6, 6.07) is 7.97. The minimum absolute atomic E-state index is 0.0346. The molecule has 0 radical (unpaired) electrons. The fourth-order valence-electron chi connectivity index (χ4n) is 5.42. The monoisotopic (exact) mass is 733 g/mol. The van der Waals surface area contributed by atoms with Crippen molar-refractivity contribution in [2.24, 2.45) is 0 Å². The first-order valence-electron chi connectivity index (χ1n) is 15.0. The lowest BCUT2D eigenvalue weighted by Gasteiger charge is -2.29. The molecule has 0 fully saturated rings. The predicted molar refractivity (Wildman–Crippen MR) is 154 cm³/mol. The van der Waals surface area contributed by atoms with E-state index in [4.69, 9.17) is 4.74 Å². The Hall–Kier alpha value is -3.90. The van der Waals surface area contributed by atoms with Crippen molar-refractivity contribution >= 4 is 16.9 Å². The highest BCUT2D eigenvalue weighted by molar-refractivity contribution is 5.90. The average Bonchev–Trinajstić information content (AvgIpc) is 3.34. The van der Waals surface area contributed by atoms with E-state index in [1.807, 2.05) is 6.92 Å². The molecule has 3 aromatic rings. The van der Waals surface area contributed by atoms with E-state index in [-0.39, 0.29) is 23.3 Å². The normalized spacial score (nSPS) is 15.5. The van der Waals surface area contributed by atoms with Crippen molar-refractivity contribution in [3.8, 4) is 17.0 Å². The zero-order chi connectivity index (χ0) is 37.3. The summed E-state index contributed by atoms with van der Waals surface area (Å²) < 4.78 is 172. The number of rotatable bonds is 16. The Morgan fingerprint density at radius 1 is 0.880 bits per heavy atom. The van der Waals surface area contributed by atoms with Crippen molar-refractivity contribution in [1.29, 1.82) is 0 Å². The second kappa shape index (κ2) is 14.4. The molecular formula is C32H30F11NO6. The van der Waals surface area contributed by atoms with Crippen LogP contribution in [-0.2, 0) is 42.9 Å². The van der Waals surface area contributed by atoms with Crippen LogP contribution in [0, 0.1) is 0 Å². The summed E-state index contributed by atoms with van der Waals surface area (Å²) in [6.45, 7) is 2.52. The van der Waals surface area contributed by atoms with E-state index in [2.05, 4.69) is 25.5 Å². The van der Waals surface area contributed by atoms with Crippen molar-refractivity contribution < 1.29 is 76.8 Å². The number of benzene rings is 2. The van der Waals surface area contributed by atoms with Crippen LogP contribution in [0.2, 0.25) is 0 Å². The van der Waals surface area contributed by atoms with Gasteiger partial charge in [-0.15, -0.1) is 17.6 Å². The van der Waals surface area contributed by atoms with Gasteiger partial charge in [-0.05, 0) is 54.2 Å². The number of carbonyl (C=O) groups excluding carboxylic acids is 1. The molecule has 0 saturated carbocycles. The number of hydrogen-bond acceptors (Lipinski definition) is 6. The minimum Gasteiger partial charge on any atom is -0.484 e. The number of ether oxygens (including phenoxy) is 5. The van der Waals surface area contributed by atoms with E-state index in [1.165, 1.54) is 16.7 Å². The van der Waals surface area contributed by atoms with Gasteiger partial charge >= 0.3 is 37.0 Å². The minimum atomic E-state index is -5.94. The van der Waals surface area contributed by atoms with Crippen molar-refractivity contribution in [3.63, 3.8) is 0 Å². The molecule has 0 N–H and O–H groups in total.